The van der Waals surface area contributed by atoms with Crippen molar-refractivity contribution in [2.24, 2.45) is 0 Å². The van der Waals surface area contributed by atoms with Crippen LogP contribution in [0, 0.1) is 11.3 Å². The van der Waals surface area contributed by atoms with E-state index in [9.17, 15) is 14.7 Å². The van der Waals surface area contributed by atoms with E-state index in [4.69, 9.17) is 15.1 Å². The van der Waals surface area contributed by atoms with Crippen molar-refractivity contribution in [2.45, 2.75) is 24.9 Å². The van der Waals surface area contributed by atoms with Crippen molar-refractivity contribution in [3.05, 3.63) is 32.6 Å². The number of aromatic nitrogens is 2. The van der Waals surface area contributed by atoms with Crippen molar-refractivity contribution < 1.29 is 14.9 Å². The summed E-state index contributed by atoms with van der Waals surface area (Å²) in [5.74, 6) is 0. The zero-order valence-corrected chi connectivity index (χ0v) is 9.24. The predicted molar refractivity (Wildman–Crippen MR) is 57.7 cm³/mol. The second-order valence-electron chi connectivity index (χ2n) is 3.91. The monoisotopic (exact) mass is 253 g/mol. The quantitative estimate of drug-likeness (QED) is 0.562. The highest BCUT2D eigenvalue weighted by Crippen LogP contribution is 2.26. The average Bonchev–Trinajstić information content (AvgIpc) is 2.70. The highest BCUT2D eigenvalue weighted by molar-refractivity contribution is 5.21. The van der Waals surface area contributed by atoms with Crippen LogP contribution in [-0.4, -0.2) is 38.6 Å². The molecule has 0 aromatic carbocycles. The van der Waals surface area contributed by atoms with Crippen LogP contribution in [0.5, 0.6) is 0 Å². The van der Waals surface area contributed by atoms with E-state index in [1.54, 1.807) is 6.07 Å². The number of ether oxygens (including phenoxy) is 1. The van der Waals surface area contributed by atoms with Gasteiger partial charge in [0.05, 0.1) is 12.7 Å². The van der Waals surface area contributed by atoms with Crippen LogP contribution in [0.15, 0.2) is 15.8 Å². The van der Waals surface area contributed by atoms with Gasteiger partial charge in [0.2, 0.25) is 0 Å². The summed E-state index contributed by atoms with van der Waals surface area (Å²) in [6.07, 6.45) is -1.76. The largest absolute Gasteiger partial charge is 0.394 e. The lowest BCUT2D eigenvalue weighted by molar-refractivity contribution is -0.0469. The van der Waals surface area contributed by atoms with E-state index in [0.717, 1.165) is 10.8 Å². The summed E-state index contributed by atoms with van der Waals surface area (Å²) in [6, 6.07) is 1.65. The van der Waals surface area contributed by atoms with Gasteiger partial charge in [0.25, 0.3) is 5.56 Å². The first-order valence-corrected chi connectivity index (χ1v) is 5.27. The topological polar surface area (TPSA) is 128 Å². The SMILES string of the molecule is N#Cc1c[nH]c(=O)n([C@H]2CC(O)[C@@H](CO)O2)c1=O. The first-order valence-electron chi connectivity index (χ1n) is 5.27. The van der Waals surface area contributed by atoms with E-state index in [0.29, 0.717) is 0 Å². The number of hydrogen-bond donors (Lipinski definition) is 3. The maximum atomic E-state index is 11.8. The number of hydrogen-bond acceptors (Lipinski definition) is 6. The summed E-state index contributed by atoms with van der Waals surface area (Å²) in [6.45, 7) is -0.414. The highest BCUT2D eigenvalue weighted by Gasteiger charge is 2.36. The molecule has 1 aromatic heterocycles. The fraction of sp³-hybridized carbons (Fsp3) is 0.500. The van der Waals surface area contributed by atoms with Crippen LogP contribution in [0.2, 0.25) is 0 Å². The molecule has 0 amide bonds. The fourth-order valence-electron chi connectivity index (χ4n) is 1.87. The van der Waals surface area contributed by atoms with Gasteiger partial charge in [0, 0.05) is 12.6 Å². The van der Waals surface area contributed by atoms with E-state index in [2.05, 4.69) is 4.98 Å². The smallest absolute Gasteiger partial charge is 0.330 e. The summed E-state index contributed by atoms with van der Waals surface area (Å²) in [5, 5.41) is 27.2. The molecule has 3 atom stereocenters. The van der Waals surface area contributed by atoms with Crippen LogP contribution in [0.25, 0.3) is 0 Å². The van der Waals surface area contributed by atoms with E-state index < -0.39 is 36.3 Å². The van der Waals surface area contributed by atoms with E-state index >= 15 is 0 Å². The van der Waals surface area contributed by atoms with Crippen molar-refractivity contribution in [2.75, 3.05) is 6.61 Å². The number of H-pyrrole nitrogens is 1. The molecule has 1 unspecified atom stereocenters. The minimum absolute atomic E-state index is 0.00307. The minimum Gasteiger partial charge on any atom is -0.394 e. The summed E-state index contributed by atoms with van der Waals surface area (Å²) < 4.78 is 5.94. The normalized spacial score (nSPS) is 27.1. The Labute approximate surface area is 101 Å². The molecule has 1 aliphatic heterocycles. The maximum absolute atomic E-state index is 11.8. The number of nitriles is 1. The summed E-state index contributed by atoms with van der Waals surface area (Å²) >= 11 is 0. The molecule has 0 bridgehead atoms. The maximum Gasteiger partial charge on any atom is 0.330 e. The molecule has 0 radical (unpaired) electrons. The van der Waals surface area contributed by atoms with Crippen LogP contribution in [0.3, 0.4) is 0 Å². The van der Waals surface area contributed by atoms with Crippen molar-refractivity contribution >= 4 is 0 Å². The van der Waals surface area contributed by atoms with E-state index in [1.807, 2.05) is 0 Å². The molecule has 1 saturated heterocycles. The first kappa shape index (κ1) is 12.5. The molecule has 2 rings (SSSR count). The number of nitrogens with one attached hydrogen (secondary N) is 1. The minimum atomic E-state index is -0.985. The Morgan fingerprint density at radius 2 is 2.33 bits per heavy atom. The number of aromatic amines is 1. The Morgan fingerprint density at radius 3 is 2.89 bits per heavy atom. The lowest BCUT2D eigenvalue weighted by Crippen LogP contribution is -2.39. The predicted octanol–water partition coefficient (Wildman–Crippen LogP) is -1.95. The molecule has 0 saturated carbocycles. The molecule has 96 valence electrons. The summed E-state index contributed by atoms with van der Waals surface area (Å²) in [4.78, 5) is 25.6. The molecule has 1 aliphatic rings. The fourth-order valence-corrected chi connectivity index (χ4v) is 1.87. The second-order valence-corrected chi connectivity index (χ2v) is 3.91. The molecule has 8 nitrogen and oxygen atoms in total. The second kappa shape index (κ2) is 4.73. The van der Waals surface area contributed by atoms with Gasteiger partial charge in [-0.2, -0.15) is 5.26 Å². The number of aliphatic hydroxyl groups excluding tert-OH is 2. The number of nitrogens with zero attached hydrogens (tertiary/aromatic N) is 2. The molecular weight excluding hydrogens is 242 g/mol. The van der Waals surface area contributed by atoms with Crippen molar-refractivity contribution in [1.82, 2.24) is 9.55 Å². The Hall–Kier alpha value is -1.95. The average molecular weight is 253 g/mol. The van der Waals surface area contributed by atoms with Gasteiger partial charge in [-0.15, -0.1) is 0 Å². The van der Waals surface area contributed by atoms with E-state index in [-0.39, 0.29) is 12.0 Å². The van der Waals surface area contributed by atoms with Gasteiger partial charge >= 0.3 is 5.69 Å². The van der Waals surface area contributed by atoms with Crippen LogP contribution in [-0.2, 0) is 4.74 Å². The molecule has 8 heteroatoms. The summed E-state index contributed by atoms with van der Waals surface area (Å²) in [7, 11) is 0. The number of aliphatic hydroxyl groups is 2. The van der Waals surface area contributed by atoms with Gasteiger partial charge in [-0.3, -0.25) is 4.79 Å². The number of rotatable bonds is 2. The first-order chi connectivity index (χ1) is 8.58. The third kappa shape index (κ3) is 1.95. The van der Waals surface area contributed by atoms with Crippen LogP contribution < -0.4 is 11.2 Å². The van der Waals surface area contributed by atoms with Gasteiger partial charge in [-0.05, 0) is 0 Å². The van der Waals surface area contributed by atoms with Gasteiger partial charge in [-0.1, -0.05) is 0 Å². The Morgan fingerprint density at radius 1 is 1.61 bits per heavy atom. The third-order valence-electron chi connectivity index (χ3n) is 2.80. The Kier molecular flexibility index (Phi) is 3.29. The molecule has 1 fully saturated rings. The van der Waals surface area contributed by atoms with Crippen LogP contribution in [0.1, 0.15) is 18.2 Å². The van der Waals surface area contributed by atoms with Gasteiger partial charge < -0.3 is 19.9 Å². The zero-order valence-electron chi connectivity index (χ0n) is 9.24. The van der Waals surface area contributed by atoms with Gasteiger partial charge in [0.1, 0.15) is 24.0 Å². The van der Waals surface area contributed by atoms with Gasteiger partial charge in [0.15, 0.2) is 0 Å². The lowest BCUT2D eigenvalue weighted by Gasteiger charge is -2.13. The van der Waals surface area contributed by atoms with Crippen LogP contribution >= 0.6 is 0 Å². The van der Waals surface area contributed by atoms with Crippen molar-refractivity contribution in [1.29, 1.82) is 5.26 Å². The Bertz CT molecular complexity index is 599. The molecule has 0 spiro atoms. The third-order valence-corrected chi connectivity index (χ3v) is 2.80. The standard InChI is InChI=1S/C10H11N3O5/c11-2-5-3-12-10(17)13(9(5)16)8-1-6(15)7(4-14)18-8/h3,6-8,14-15H,1,4H2,(H,12,17)/t6?,7-,8-/m1/s1. The van der Waals surface area contributed by atoms with Crippen molar-refractivity contribution in [3.63, 3.8) is 0 Å². The molecule has 3 N–H and O–H groups in total. The van der Waals surface area contributed by atoms with Gasteiger partial charge in [-0.25, -0.2) is 9.36 Å². The molecule has 2 heterocycles. The van der Waals surface area contributed by atoms with E-state index in [1.165, 1.54) is 0 Å². The lowest BCUT2D eigenvalue weighted by atomic mass is 10.2. The molecule has 18 heavy (non-hydrogen) atoms. The Balaban J connectivity index is 2.45. The van der Waals surface area contributed by atoms with Crippen LogP contribution in [0.4, 0.5) is 0 Å². The highest BCUT2D eigenvalue weighted by atomic mass is 16.5. The molecule has 1 aromatic rings. The summed E-state index contributed by atoms with van der Waals surface area (Å²) in [5.41, 5.74) is -1.73. The zero-order chi connectivity index (χ0) is 13.3. The molecule has 0 aliphatic carbocycles. The molecular formula is C10H11N3O5. The van der Waals surface area contributed by atoms with Crippen molar-refractivity contribution in [3.8, 4) is 6.07 Å².